The number of hydrogen-bond donors (Lipinski definition) is 0. The van der Waals surface area contributed by atoms with Gasteiger partial charge in [-0.05, 0) is 0 Å². The fraction of sp³-hybridized carbons (Fsp3) is 1.00. The SMILES string of the molecule is [NH]CCF. The lowest BCUT2D eigenvalue weighted by molar-refractivity contribution is 0.500. The highest BCUT2D eigenvalue weighted by atomic mass is 19.1. The molecular formula is C2H5FN. The van der Waals surface area contributed by atoms with E-state index in [1.54, 1.807) is 0 Å². The van der Waals surface area contributed by atoms with Crippen molar-refractivity contribution in [1.82, 2.24) is 5.73 Å². The van der Waals surface area contributed by atoms with Crippen molar-refractivity contribution in [2.45, 2.75) is 0 Å². The molecule has 0 amide bonds. The summed E-state index contributed by atoms with van der Waals surface area (Å²) >= 11 is 0. The topological polar surface area (TPSA) is 23.8 Å². The van der Waals surface area contributed by atoms with E-state index in [0.717, 1.165) is 0 Å². The normalized spacial score (nSPS) is 7.50. The lowest BCUT2D eigenvalue weighted by Crippen LogP contribution is -1.81. The summed E-state index contributed by atoms with van der Waals surface area (Å²) in [7, 11) is 0. The van der Waals surface area contributed by atoms with E-state index in [2.05, 4.69) is 0 Å². The first-order valence-corrected chi connectivity index (χ1v) is 1.12. The predicted molar refractivity (Wildman–Crippen MR) is 13.9 cm³/mol. The Morgan fingerprint density at radius 3 is 2.00 bits per heavy atom. The van der Waals surface area contributed by atoms with E-state index < -0.39 is 6.67 Å². The second kappa shape index (κ2) is 2.89. The second-order valence-corrected chi connectivity index (χ2v) is 0.439. The van der Waals surface area contributed by atoms with Crippen LogP contribution in [0.15, 0.2) is 0 Å². The van der Waals surface area contributed by atoms with Crippen LogP contribution in [0.1, 0.15) is 0 Å². The van der Waals surface area contributed by atoms with Gasteiger partial charge in [-0.3, -0.25) is 5.73 Å². The fourth-order valence-electron chi connectivity index (χ4n) is 0. The molecule has 0 saturated carbocycles. The van der Waals surface area contributed by atoms with Crippen LogP contribution in [0.5, 0.6) is 0 Å². The molecule has 4 heavy (non-hydrogen) atoms. The molecule has 0 spiro atoms. The average Bonchev–Trinajstić information content (AvgIpc) is 1.37. The van der Waals surface area contributed by atoms with Gasteiger partial charge in [0.15, 0.2) is 0 Å². The van der Waals surface area contributed by atoms with Gasteiger partial charge < -0.3 is 0 Å². The van der Waals surface area contributed by atoms with Crippen LogP contribution in [-0.2, 0) is 0 Å². The Bertz CT molecular complexity index is 8.00. The van der Waals surface area contributed by atoms with Gasteiger partial charge in [-0.15, -0.1) is 0 Å². The van der Waals surface area contributed by atoms with Crippen molar-refractivity contribution in [2.75, 3.05) is 13.2 Å². The molecule has 0 saturated heterocycles. The molecule has 0 bridgehead atoms. The first-order valence-electron chi connectivity index (χ1n) is 1.12. The van der Waals surface area contributed by atoms with E-state index in [-0.39, 0.29) is 6.54 Å². The average molecular weight is 62.1 g/mol. The van der Waals surface area contributed by atoms with Gasteiger partial charge in [0.2, 0.25) is 0 Å². The molecule has 2 heteroatoms. The Kier molecular flexibility index (Phi) is 2.81. The van der Waals surface area contributed by atoms with Gasteiger partial charge in [-0.25, -0.2) is 4.39 Å². The molecule has 0 heterocycles. The molecule has 0 fully saturated rings. The van der Waals surface area contributed by atoms with E-state index in [9.17, 15) is 4.39 Å². The molecule has 0 aliphatic rings. The summed E-state index contributed by atoms with van der Waals surface area (Å²) in [5.74, 6) is 0. The number of alkyl halides is 1. The van der Waals surface area contributed by atoms with Gasteiger partial charge in [0.25, 0.3) is 0 Å². The van der Waals surface area contributed by atoms with Crippen LogP contribution in [-0.4, -0.2) is 13.2 Å². The molecule has 0 rings (SSSR count). The van der Waals surface area contributed by atoms with Gasteiger partial charge in [0, 0.05) is 6.54 Å². The largest absolute Gasteiger partial charge is 0.255 e. The van der Waals surface area contributed by atoms with Gasteiger partial charge in [-0.2, -0.15) is 0 Å². The number of rotatable bonds is 1. The monoisotopic (exact) mass is 62.0 g/mol. The van der Waals surface area contributed by atoms with Crippen LogP contribution in [0.2, 0.25) is 0 Å². The van der Waals surface area contributed by atoms with E-state index in [0.29, 0.717) is 0 Å². The molecule has 1 nitrogen and oxygen atoms in total. The second-order valence-electron chi connectivity index (χ2n) is 0.439. The highest BCUT2D eigenvalue weighted by Gasteiger charge is 1.61. The zero-order valence-corrected chi connectivity index (χ0v) is 2.29. The first kappa shape index (κ1) is 3.89. The number of hydrogen-bond acceptors (Lipinski definition) is 0. The van der Waals surface area contributed by atoms with E-state index in [1.165, 1.54) is 0 Å². The first-order chi connectivity index (χ1) is 1.91. The minimum Gasteiger partial charge on any atom is -0.255 e. The molecule has 0 aliphatic carbocycles. The highest BCUT2D eigenvalue weighted by molar-refractivity contribution is 4.17. The van der Waals surface area contributed by atoms with E-state index in [1.807, 2.05) is 0 Å². The van der Waals surface area contributed by atoms with Gasteiger partial charge in [0.05, 0.1) is 0 Å². The minimum atomic E-state index is -0.514. The van der Waals surface area contributed by atoms with Crippen LogP contribution in [0.25, 0.3) is 0 Å². The molecule has 0 unspecified atom stereocenters. The van der Waals surface area contributed by atoms with Gasteiger partial charge >= 0.3 is 0 Å². The third kappa shape index (κ3) is 1.89. The van der Waals surface area contributed by atoms with Crippen molar-refractivity contribution in [3.8, 4) is 0 Å². The van der Waals surface area contributed by atoms with Crippen molar-refractivity contribution in [1.29, 1.82) is 0 Å². The zero-order valence-electron chi connectivity index (χ0n) is 2.29. The molecule has 1 radical (unpaired) electrons. The number of halogens is 1. The van der Waals surface area contributed by atoms with Crippen molar-refractivity contribution in [3.63, 3.8) is 0 Å². The Balaban J connectivity index is 1.97. The standard InChI is InChI=1S/C2H5FN/c3-1-2-4/h4H,1-2H2. The third-order valence-corrected chi connectivity index (χ3v) is 0.0945. The van der Waals surface area contributed by atoms with Crippen molar-refractivity contribution >= 4 is 0 Å². The van der Waals surface area contributed by atoms with E-state index >= 15 is 0 Å². The maximum Gasteiger partial charge on any atom is 0.103 e. The van der Waals surface area contributed by atoms with Crippen LogP contribution in [0.3, 0.4) is 0 Å². The molecule has 1 N–H and O–H groups in total. The van der Waals surface area contributed by atoms with Crippen LogP contribution in [0, 0.1) is 0 Å². The lowest BCUT2D eigenvalue weighted by atomic mass is 10.8. The van der Waals surface area contributed by atoms with Gasteiger partial charge in [-0.1, -0.05) is 0 Å². The highest BCUT2D eigenvalue weighted by Crippen LogP contribution is 1.52. The van der Waals surface area contributed by atoms with Crippen molar-refractivity contribution in [2.24, 2.45) is 0 Å². The summed E-state index contributed by atoms with van der Waals surface area (Å²) in [6.07, 6.45) is 0. The maximum atomic E-state index is 10.5. The molecule has 25 valence electrons. The predicted octanol–water partition coefficient (Wildman–Crippen LogP) is 0.239. The molecular weight excluding hydrogens is 57.0 g/mol. The smallest absolute Gasteiger partial charge is 0.103 e. The number of nitrogens with one attached hydrogen (secondary N) is 1. The zero-order chi connectivity index (χ0) is 3.41. The van der Waals surface area contributed by atoms with Crippen LogP contribution in [0.4, 0.5) is 4.39 Å². The summed E-state index contributed by atoms with van der Waals surface area (Å²) in [6.45, 7) is -0.611. The third-order valence-electron chi connectivity index (χ3n) is 0.0945. The molecule has 0 aromatic heterocycles. The maximum absolute atomic E-state index is 10.5. The molecule has 0 aromatic carbocycles. The minimum absolute atomic E-state index is 0.0972. The Labute approximate surface area is 24.6 Å². The fourth-order valence-corrected chi connectivity index (χ4v) is 0. The summed E-state index contributed by atoms with van der Waals surface area (Å²) in [4.78, 5) is 0. The Morgan fingerprint density at radius 2 is 2.00 bits per heavy atom. The Morgan fingerprint density at radius 1 is 1.75 bits per heavy atom. The molecule has 0 atom stereocenters. The van der Waals surface area contributed by atoms with Gasteiger partial charge in [0.1, 0.15) is 6.67 Å². The van der Waals surface area contributed by atoms with Crippen molar-refractivity contribution in [3.05, 3.63) is 0 Å². The lowest BCUT2D eigenvalue weighted by Gasteiger charge is -1.65. The van der Waals surface area contributed by atoms with Crippen LogP contribution < -0.4 is 5.73 Å². The van der Waals surface area contributed by atoms with E-state index in [4.69, 9.17) is 5.73 Å². The summed E-state index contributed by atoms with van der Waals surface area (Å²) in [6, 6.07) is 0. The molecule has 0 aliphatic heterocycles. The summed E-state index contributed by atoms with van der Waals surface area (Å²) in [5.41, 5.74) is 6.08. The van der Waals surface area contributed by atoms with Crippen molar-refractivity contribution < 1.29 is 4.39 Å². The Hall–Kier alpha value is -0.110. The summed E-state index contributed by atoms with van der Waals surface area (Å²) in [5, 5.41) is 0. The van der Waals surface area contributed by atoms with Crippen LogP contribution >= 0.6 is 0 Å². The quantitative estimate of drug-likeness (QED) is 0.415. The summed E-state index contributed by atoms with van der Waals surface area (Å²) < 4.78 is 10.5. The molecule has 0 aromatic rings.